The molecule has 8 nitrogen and oxygen atoms in total. The van der Waals surface area contributed by atoms with Crippen molar-refractivity contribution in [1.82, 2.24) is 0 Å². The van der Waals surface area contributed by atoms with Crippen molar-refractivity contribution < 1.29 is 38.0 Å². The molecule has 8 heteroatoms. The summed E-state index contributed by atoms with van der Waals surface area (Å²) in [6, 6.07) is 40.0. The Bertz CT molecular complexity index is 1530. The third-order valence-corrected chi connectivity index (χ3v) is 8.24. The second-order valence-corrected chi connectivity index (χ2v) is 11.9. The summed E-state index contributed by atoms with van der Waals surface area (Å²) in [6.07, 6.45) is -0.643. The number of hydrogen-bond donors (Lipinski definition) is 0. The van der Waals surface area contributed by atoms with Gasteiger partial charge in [-0.2, -0.15) is 0 Å². The molecule has 2 aliphatic heterocycles. The summed E-state index contributed by atoms with van der Waals surface area (Å²) in [7, 11) is 0. The molecule has 48 heavy (non-hydrogen) atoms. The Balaban J connectivity index is 1.28. The Kier molecular flexibility index (Phi) is 12.5. The van der Waals surface area contributed by atoms with Crippen LogP contribution in [0.15, 0.2) is 134 Å². The minimum Gasteiger partial charge on any atom is -0.495 e. The van der Waals surface area contributed by atoms with Crippen molar-refractivity contribution >= 4 is 5.78 Å². The number of hydrogen-bond acceptors (Lipinski definition) is 8. The number of ketones is 1. The van der Waals surface area contributed by atoms with E-state index >= 15 is 0 Å². The van der Waals surface area contributed by atoms with Crippen LogP contribution in [0.2, 0.25) is 0 Å². The van der Waals surface area contributed by atoms with Gasteiger partial charge < -0.3 is 33.2 Å². The SMILES string of the molecule is O=C1C=CO[C@H](CO[C@@H]2O[C@H](COCc3ccccc3)[C@H](OCc3ccccc3)[C@H](OCc3ccccc3)[C@H]2OCc2ccccc2)C1. The van der Waals surface area contributed by atoms with Gasteiger partial charge in [0.15, 0.2) is 12.1 Å². The molecule has 6 atom stereocenters. The molecule has 250 valence electrons. The highest BCUT2D eigenvalue weighted by molar-refractivity contribution is 5.90. The van der Waals surface area contributed by atoms with Crippen LogP contribution in [0.25, 0.3) is 0 Å². The largest absolute Gasteiger partial charge is 0.495 e. The summed E-state index contributed by atoms with van der Waals surface area (Å²) in [6.45, 7) is 1.75. The third kappa shape index (κ3) is 9.93. The minimum absolute atomic E-state index is 0.0121. The molecule has 0 spiro atoms. The Morgan fingerprint density at radius 1 is 0.542 bits per heavy atom. The lowest BCUT2D eigenvalue weighted by Gasteiger charge is -2.46. The highest BCUT2D eigenvalue weighted by atomic mass is 16.7. The maximum Gasteiger partial charge on any atom is 0.187 e. The lowest BCUT2D eigenvalue weighted by molar-refractivity contribution is -0.331. The first-order chi connectivity index (χ1) is 23.7. The first-order valence-electron chi connectivity index (χ1n) is 16.4. The van der Waals surface area contributed by atoms with Gasteiger partial charge in [-0.05, 0) is 22.3 Å². The van der Waals surface area contributed by atoms with Crippen LogP contribution in [0.4, 0.5) is 0 Å². The number of ether oxygens (including phenoxy) is 7. The van der Waals surface area contributed by atoms with Gasteiger partial charge in [-0.1, -0.05) is 121 Å². The molecule has 6 rings (SSSR count). The van der Waals surface area contributed by atoms with Crippen LogP contribution < -0.4 is 0 Å². The van der Waals surface area contributed by atoms with Gasteiger partial charge in [0.1, 0.15) is 30.5 Å². The molecule has 0 bridgehead atoms. The lowest BCUT2D eigenvalue weighted by atomic mass is 9.97. The fourth-order valence-corrected chi connectivity index (χ4v) is 5.75. The summed E-state index contributed by atoms with van der Waals surface area (Å²) < 4.78 is 45.1. The quantitative estimate of drug-likeness (QED) is 0.135. The molecule has 2 aliphatic rings. The normalized spacial score (nSPS) is 23.9. The van der Waals surface area contributed by atoms with Crippen molar-refractivity contribution in [1.29, 1.82) is 0 Å². The van der Waals surface area contributed by atoms with Gasteiger partial charge in [-0.25, -0.2) is 0 Å². The highest BCUT2D eigenvalue weighted by Gasteiger charge is 2.49. The van der Waals surface area contributed by atoms with Gasteiger partial charge in [-0.15, -0.1) is 0 Å². The van der Waals surface area contributed by atoms with Gasteiger partial charge in [0.2, 0.25) is 0 Å². The van der Waals surface area contributed by atoms with E-state index in [1.807, 2.05) is 121 Å². The van der Waals surface area contributed by atoms with Crippen LogP contribution in [-0.4, -0.2) is 55.8 Å². The van der Waals surface area contributed by atoms with Crippen molar-refractivity contribution in [3.8, 4) is 0 Å². The van der Waals surface area contributed by atoms with Crippen molar-refractivity contribution in [2.75, 3.05) is 13.2 Å². The first-order valence-corrected chi connectivity index (χ1v) is 16.4. The molecule has 4 aromatic carbocycles. The molecule has 0 N–H and O–H groups in total. The van der Waals surface area contributed by atoms with Crippen molar-refractivity contribution in [2.24, 2.45) is 0 Å². The van der Waals surface area contributed by atoms with E-state index < -0.39 is 36.8 Å². The Morgan fingerprint density at radius 3 is 1.54 bits per heavy atom. The number of allylic oxidation sites excluding steroid dienone is 1. The van der Waals surface area contributed by atoms with E-state index in [1.54, 1.807) is 0 Å². The average Bonchev–Trinajstić information content (AvgIpc) is 3.13. The lowest BCUT2D eigenvalue weighted by Crippen LogP contribution is -2.62. The van der Waals surface area contributed by atoms with Gasteiger partial charge in [0.05, 0.1) is 45.9 Å². The Hall–Kier alpha value is -4.15. The third-order valence-electron chi connectivity index (χ3n) is 8.24. The van der Waals surface area contributed by atoms with Crippen LogP contribution in [0.5, 0.6) is 0 Å². The molecule has 0 aliphatic carbocycles. The Morgan fingerprint density at radius 2 is 1.02 bits per heavy atom. The molecule has 0 unspecified atom stereocenters. The minimum atomic E-state index is -0.860. The summed E-state index contributed by atoms with van der Waals surface area (Å²) in [4.78, 5) is 12.1. The molecule has 1 fully saturated rings. The molecular formula is C40H42O8. The summed E-state index contributed by atoms with van der Waals surface area (Å²) in [5.41, 5.74) is 4.09. The number of carbonyl (C=O) groups excluding carboxylic acids is 1. The number of rotatable bonds is 16. The smallest absolute Gasteiger partial charge is 0.187 e. The van der Waals surface area contributed by atoms with Crippen molar-refractivity contribution in [3.63, 3.8) is 0 Å². The van der Waals surface area contributed by atoms with Gasteiger partial charge >= 0.3 is 0 Å². The van der Waals surface area contributed by atoms with Gasteiger partial charge in [0.25, 0.3) is 0 Å². The fraction of sp³-hybridized carbons (Fsp3) is 0.325. The fourth-order valence-electron chi connectivity index (χ4n) is 5.75. The standard InChI is InChI=1S/C40H42O8/c41-34-21-22-43-35(23-34)28-47-40-39(46-27-33-19-11-4-12-20-33)38(45-26-32-17-9-3-10-18-32)37(44-25-31-15-7-2-8-16-31)36(48-40)29-42-24-30-13-5-1-6-14-30/h1-22,35-40H,23-29H2/t35-,36+,37-,38-,39+,40+/m0/s1. The van der Waals surface area contributed by atoms with E-state index in [9.17, 15) is 4.79 Å². The molecule has 0 amide bonds. The topological polar surface area (TPSA) is 81.7 Å². The van der Waals surface area contributed by atoms with Crippen LogP contribution in [0.1, 0.15) is 28.7 Å². The van der Waals surface area contributed by atoms with E-state index in [0.29, 0.717) is 26.4 Å². The Labute approximate surface area is 282 Å². The molecule has 4 aromatic rings. The monoisotopic (exact) mass is 650 g/mol. The molecular weight excluding hydrogens is 608 g/mol. The first kappa shape index (κ1) is 33.7. The predicted molar refractivity (Wildman–Crippen MR) is 179 cm³/mol. The zero-order valence-corrected chi connectivity index (χ0v) is 26.9. The van der Waals surface area contributed by atoms with Crippen molar-refractivity contribution in [3.05, 3.63) is 156 Å². The van der Waals surface area contributed by atoms with Crippen molar-refractivity contribution in [2.45, 2.75) is 69.7 Å². The number of carbonyl (C=O) groups is 1. The average molecular weight is 651 g/mol. The van der Waals surface area contributed by atoms with E-state index in [4.69, 9.17) is 33.2 Å². The second-order valence-electron chi connectivity index (χ2n) is 11.9. The van der Waals surface area contributed by atoms with E-state index in [2.05, 4.69) is 0 Å². The summed E-state index contributed by atoms with van der Waals surface area (Å²) in [5.74, 6) is -0.0121. The van der Waals surface area contributed by atoms with E-state index in [0.717, 1.165) is 22.3 Å². The summed E-state index contributed by atoms with van der Waals surface area (Å²) >= 11 is 0. The molecule has 2 heterocycles. The molecule has 0 radical (unpaired) electrons. The maximum atomic E-state index is 12.1. The zero-order valence-electron chi connectivity index (χ0n) is 26.9. The summed E-state index contributed by atoms with van der Waals surface area (Å²) in [5, 5.41) is 0. The van der Waals surface area contributed by atoms with Crippen LogP contribution in [-0.2, 0) is 64.4 Å². The van der Waals surface area contributed by atoms with Crippen LogP contribution in [0, 0.1) is 0 Å². The van der Waals surface area contributed by atoms with Gasteiger partial charge in [-0.3, -0.25) is 4.79 Å². The van der Waals surface area contributed by atoms with Crippen LogP contribution >= 0.6 is 0 Å². The van der Waals surface area contributed by atoms with E-state index in [1.165, 1.54) is 12.3 Å². The second kappa shape index (κ2) is 17.8. The zero-order chi connectivity index (χ0) is 32.8. The molecule has 0 aromatic heterocycles. The molecule has 1 saturated heterocycles. The van der Waals surface area contributed by atoms with E-state index in [-0.39, 0.29) is 25.4 Å². The highest BCUT2D eigenvalue weighted by Crippen LogP contribution is 2.32. The van der Waals surface area contributed by atoms with Crippen LogP contribution in [0.3, 0.4) is 0 Å². The van der Waals surface area contributed by atoms with Gasteiger partial charge in [0, 0.05) is 12.5 Å². The molecule has 0 saturated carbocycles. The number of benzene rings is 4. The maximum absolute atomic E-state index is 12.1. The predicted octanol–water partition coefficient (Wildman–Crippen LogP) is 6.57.